The first kappa shape index (κ1) is 16.6. The van der Waals surface area contributed by atoms with Gasteiger partial charge in [-0.15, -0.1) is 0 Å². The lowest BCUT2D eigenvalue weighted by atomic mass is 10.1. The molecule has 6 heteroatoms. The Morgan fingerprint density at radius 2 is 1.64 bits per heavy atom. The molecule has 1 fully saturated rings. The summed E-state index contributed by atoms with van der Waals surface area (Å²) in [4.78, 5) is 4.65. The zero-order chi connectivity index (χ0) is 17.2. The van der Waals surface area contributed by atoms with Crippen LogP contribution in [0.4, 0.5) is 4.39 Å². The summed E-state index contributed by atoms with van der Waals surface area (Å²) in [6, 6.07) is 11.0. The van der Waals surface area contributed by atoms with E-state index in [2.05, 4.69) is 15.9 Å². The van der Waals surface area contributed by atoms with Crippen molar-refractivity contribution in [1.29, 1.82) is 0 Å². The highest BCUT2D eigenvalue weighted by Gasteiger charge is 2.20. The highest BCUT2D eigenvalue weighted by atomic mass is 35.5. The van der Waals surface area contributed by atoms with Crippen molar-refractivity contribution in [3.63, 3.8) is 0 Å². The second kappa shape index (κ2) is 7.20. The van der Waals surface area contributed by atoms with E-state index in [1.807, 2.05) is 12.1 Å². The summed E-state index contributed by atoms with van der Waals surface area (Å²) in [7, 11) is 0. The Balaban J connectivity index is 1.32. The van der Waals surface area contributed by atoms with Crippen LogP contribution in [0.5, 0.6) is 11.5 Å². The Morgan fingerprint density at radius 1 is 0.920 bits per heavy atom. The molecule has 0 aliphatic carbocycles. The van der Waals surface area contributed by atoms with E-state index in [0.717, 1.165) is 44.2 Å². The monoisotopic (exact) mass is 362 g/mol. The van der Waals surface area contributed by atoms with Crippen molar-refractivity contribution in [2.45, 2.75) is 13.1 Å². The molecule has 4 rings (SSSR count). The number of rotatable bonds is 4. The van der Waals surface area contributed by atoms with Gasteiger partial charge >= 0.3 is 0 Å². The molecular formula is C19H20ClFN2O2. The van der Waals surface area contributed by atoms with Gasteiger partial charge in [0.2, 0.25) is 6.79 Å². The van der Waals surface area contributed by atoms with E-state index in [9.17, 15) is 4.39 Å². The molecule has 2 aliphatic rings. The Labute approximate surface area is 151 Å². The first-order valence-electron chi connectivity index (χ1n) is 8.45. The van der Waals surface area contributed by atoms with Crippen LogP contribution in [0.3, 0.4) is 0 Å². The van der Waals surface area contributed by atoms with Gasteiger partial charge in [-0.1, -0.05) is 23.7 Å². The molecule has 25 heavy (non-hydrogen) atoms. The minimum Gasteiger partial charge on any atom is -0.454 e. The quantitative estimate of drug-likeness (QED) is 0.830. The number of nitrogens with zero attached hydrogens (tertiary/aromatic N) is 2. The Hall–Kier alpha value is -1.82. The number of hydrogen-bond acceptors (Lipinski definition) is 4. The van der Waals surface area contributed by atoms with Crippen LogP contribution in [0.15, 0.2) is 36.4 Å². The van der Waals surface area contributed by atoms with Crippen LogP contribution in [0.1, 0.15) is 11.1 Å². The molecule has 2 aromatic carbocycles. The number of fused-ring (bicyclic) bond motifs is 1. The van der Waals surface area contributed by atoms with Crippen molar-refractivity contribution in [3.05, 3.63) is 58.4 Å². The number of ether oxygens (including phenoxy) is 2. The number of hydrogen-bond donors (Lipinski definition) is 0. The molecule has 0 aromatic heterocycles. The summed E-state index contributed by atoms with van der Waals surface area (Å²) in [5.41, 5.74) is 1.81. The molecule has 0 N–H and O–H groups in total. The summed E-state index contributed by atoms with van der Waals surface area (Å²) in [6.45, 7) is 5.43. The Bertz CT molecular complexity index is 743. The van der Waals surface area contributed by atoms with Gasteiger partial charge in [0.1, 0.15) is 5.82 Å². The third kappa shape index (κ3) is 3.73. The Morgan fingerprint density at radius 3 is 2.40 bits per heavy atom. The van der Waals surface area contributed by atoms with E-state index >= 15 is 0 Å². The molecule has 2 aliphatic heterocycles. The fraction of sp³-hybridized carbons (Fsp3) is 0.368. The van der Waals surface area contributed by atoms with Gasteiger partial charge in [-0.25, -0.2) is 4.39 Å². The Kier molecular flexibility index (Phi) is 4.79. The topological polar surface area (TPSA) is 24.9 Å². The van der Waals surface area contributed by atoms with Gasteiger partial charge < -0.3 is 9.47 Å². The minimum atomic E-state index is -0.227. The van der Waals surface area contributed by atoms with Crippen molar-refractivity contribution < 1.29 is 13.9 Å². The minimum absolute atomic E-state index is 0.227. The largest absolute Gasteiger partial charge is 0.454 e. The molecular weight excluding hydrogens is 343 g/mol. The molecule has 0 spiro atoms. The summed E-state index contributed by atoms with van der Waals surface area (Å²) < 4.78 is 24.7. The zero-order valence-electron chi connectivity index (χ0n) is 13.9. The van der Waals surface area contributed by atoms with Crippen molar-refractivity contribution in [2.24, 2.45) is 0 Å². The smallest absolute Gasteiger partial charge is 0.231 e. The molecule has 4 nitrogen and oxygen atoms in total. The second-order valence-electron chi connectivity index (χ2n) is 6.44. The van der Waals surface area contributed by atoms with E-state index in [-0.39, 0.29) is 5.82 Å². The molecule has 0 unspecified atom stereocenters. The molecule has 132 valence electrons. The summed E-state index contributed by atoms with van der Waals surface area (Å²) in [5, 5.41) is 0.503. The van der Waals surface area contributed by atoms with E-state index in [0.29, 0.717) is 23.9 Å². The van der Waals surface area contributed by atoms with Gasteiger partial charge in [-0.05, 0) is 29.8 Å². The molecule has 0 radical (unpaired) electrons. The van der Waals surface area contributed by atoms with Crippen molar-refractivity contribution in [2.75, 3.05) is 33.0 Å². The fourth-order valence-corrected chi connectivity index (χ4v) is 3.53. The summed E-state index contributed by atoms with van der Waals surface area (Å²) in [6.07, 6.45) is 0. The van der Waals surface area contributed by atoms with Crippen molar-refractivity contribution in [1.82, 2.24) is 9.80 Å². The highest BCUT2D eigenvalue weighted by Crippen LogP contribution is 2.33. The van der Waals surface area contributed by atoms with E-state index in [4.69, 9.17) is 21.1 Å². The van der Waals surface area contributed by atoms with Crippen LogP contribution in [-0.4, -0.2) is 42.8 Å². The standard InChI is InChI=1S/C19H20ClFN2O2/c20-16-2-1-3-17(21)15(16)12-23-8-6-22(7-9-23)11-14-4-5-18-19(10-14)25-13-24-18/h1-5,10H,6-9,11-13H2. The van der Waals surface area contributed by atoms with Gasteiger partial charge in [-0.3, -0.25) is 9.80 Å². The predicted octanol–water partition coefficient (Wildman–Crippen LogP) is 3.53. The lowest BCUT2D eigenvalue weighted by Gasteiger charge is -2.35. The normalized spacial score (nSPS) is 17.8. The van der Waals surface area contributed by atoms with E-state index in [1.165, 1.54) is 11.6 Å². The van der Waals surface area contributed by atoms with Crippen molar-refractivity contribution >= 4 is 11.6 Å². The number of benzene rings is 2. The number of piperazine rings is 1. The maximum absolute atomic E-state index is 13.9. The summed E-state index contributed by atoms with van der Waals surface area (Å²) in [5.74, 6) is 1.41. The number of halogens is 2. The van der Waals surface area contributed by atoms with Gasteiger partial charge in [0.15, 0.2) is 11.5 Å². The van der Waals surface area contributed by atoms with E-state index < -0.39 is 0 Å². The zero-order valence-corrected chi connectivity index (χ0v) is 14.6. The average Bonchev–Trinajstić information content (AvgIpc) is 3.07. The van der Waals surface area contributed by atoms with Gasteiger partial charge in [0, 0.05) is 49.9 Å². The van der Waals surface area contributed by atoms with E-state index in [1.54, 1.807) is 12.1 Å². The van der Waals surface area contributed by atoms with Gasteiger partial charge in [0.05, 0.1) is 0 Å². The molecule has 0 bridgehead atoms. The SMILES string of the molecule is Fc1cccc(Cl)c1CN1CCN(Cc2ccc3c(c2)OCO3)CC1. The highest BCUT2D eigenvalue weighted by molar-refractivity contribution is 6.31. The first-order valence-corrected chi connectivity index (χ1v) is 8.83. The summed E-state index contributed by atoms with van der Waals surface area (Å²) >= 11 is 6.13. The van der Waals surface area contributed by atoms with Gasteiger partial charge in [0.25, 0.3) is 0 Å². The van der Waals surface area contributed by atoms with Crippen molar-refractivity contribution in [3.8, 4) is 11.5 Å². The third-order valence-electron chi connectivity index (χ3n) is 4.75. The molecule has 2 heterocycles. The molecule has 0 atom stereocenters. The molecule has 2 aromatic rings. The van der Waals surface area contributed by atoms with Crippen LogP contribution in [-0.2, 0) is 13.1 Å². The predicted molar refractivity (Wildman–Crippen MR) is 94.5 cm³/mol. The lowest BCUT2D eigenvalue weighted by Crippen LogP contribution is -2.45. The van der Waals surface area contributed by atoms with Crippen LogP contribution < -0.4 is 9.47 Å². The van der Waals surface area contributed by atoms with Crippen LogP contribution in [0, 0.1) is 5.82 Å². The second-order valence-corrected chi connectivity index (χ2v) is 6.85. The molecule has 1 saturated heterocycles. The van der Waals surface area contributed by atoms with Crippen LogP contribution in [0.25, 0.3) is 0 Å². The lowest BCUT2D eigenvalue weighted by molar-refractivity contribution is 0.121. The maximum Gasteiger partial charge on any atom is 0.231 e. The van der Waals surface area contributed by atoms with Crippen LogP contribution >= 0.6 is 11.6 Å². The maximum atomic E-state index is 13.9. The third-order valence-corrected chi connectivity index (χ3v) is 5.11. The molecule has 0 amide bonds. The average molecular weight is 363 g/mol. The first-order chi connectivity index (χ1) is 12.2. The van der Waals surface area contributed by atoms with Crippen LogP contribution in [0.2, 0.25) is 5.02 Å². The fourth-order valence-electron chi connectivity index (χ4n) is 3.31. The molecule has 0 saturated carbocycles. The van der Waals surface area contributed by atoms with Gasteiger partial charge in [-0.2, -0.15) is 0 Å².